The Bertz CT molecular complexity index is 1230. The van der Waals surface area contributed by atoms with E-state index in [1.54, 1.807) is 42.5 Å². The molecule has 4 aromatic rings. The van der Waals surface area contributed by atoms with Crippen molar-refractivity contribution in [2.45, 2.75) is 6.18 Å². The van der Waals surface area contributed by atoms with E-state index in [9.17, 15) is 13.2 Å². The Morgan fingerprint density at radius 1 is 1.07 bits per heavy atom. The summed E-state index contributed by atoms with van der Waals surface area (Å²) in [4.78, 5) is 10.7. The van der Waals surface area contributed by atoms with Crippen molar-refractivity contribution in [1.29, 1.82) is 0 Å². The van der Waals surface area contributed by atoms with Gasteiger partial charge in [0, 0.05) is 36.9 Å². The lowest BCUT2D eigenvalue weighted by Gasteiger charge is -2.11. The number of fused-ring (bicyclic) bond motifs is 2. The number of hydrogen-bond acceptors (Lipinski definition) is 2. The highest BCUT2D eigenvalue weighted by molar-refractivity contribution is 9.10. The van der Waals surface area contributed by atoms with Gasteiger partial charge >= 0.3 is 6.18 Å². The molecule has 2 N–H and O–H groups in total. The first-order chi connectivity index (χ1) is 13.3. The summed E-state index contributed by atoms with van der Waals surface area (Å²) in [5.74, 6) is 0. The molecule has 0 atom stereocenters. The molecule has 0 aliphatic carbocycles. The molecule has 0 spiro atoms. The molecule has 144 valence electrons. The third-order valence-electron chi connectivity index (χ3n) is 4.30. The summed E-state index contributed by atoms with van der Waals surface area (Å²) in [7, 11) is 1.09. The Balaban J connectivity index is 2.05. The van der Waals surface area contributed by atoms with E-state index in [-0.39, 0.29) is 11.3 Å². The van der Waals surface area contributed by atoms with Gasteiger partial charge in [-0.2, -0.15) is 13.2 Å². The van der Waals surface area contributed by atoms with Gasteiger partial charge in [0.25, 0.3) is 0 Å². The predicted octanol–water partition coefficient (Wildman–Crippen LogP) is 6.64. The first-order valence-electron chi connectivity index (χ1n) is 8.06. The van der Waals surface area contributed by atoms with Crippen LogP contribution in [0.2, 0.25) is 5.02 Å². The molecule has 0 bridgehead atoms. The number of H-pyrrole nitrogens is 2. The number of aromatic nitrogens is 2. The maximum atomic E-state index is 13.8. The van der Waals surface area contributed by atoms with E-state index in [1.165, 1.54) is 0 Å². The van der Waals surface area contributed by atoms with E-state index < -0.39 is 11.9 Å². The summed E-state index contributed by atoms with van der Waals surface area (Å²) in [5.41, 5.74) is 0.778. The van der Waals surface area contributed by atoms with Crippen LogP contribution in [0.4, 0.5) is 13.2 Å². The van der Waals surface area contributed by atoms with Crippen molar-refractivity contribution in [2.75, 3.05) is 7.11 Å². The number of nitrogens with one attached hydrogen (secondary N) is 2. The monoisotopic (exact) mass is 469 g/mol. The number of halogens is 5. The molecular formula is C19H12BrClF3N3O. The van der Waals surface area contributed by atoms with E-state index in [4.69, 9.17) is 11.6 Å². The van der Waals surface area contributed by atoms with Crippen LogP contribution in [0.5, 0.6) is 0 Å². The van der Waals surface area contributed by atoms with Crippen molar-refractivity contribution in [3.63, 3.8) is 0 Å². The highest BCUT2D eigenvalue weighted by Crippen LogP contribution is 2.37. The van der Waals surface area contributed by atoms with E-state index in [0.29, 0.717) is 27.1 Å². The molecule has 0 unspecified atom stereocenters. The van der Waals surface area contributed by atoms with Gasteiger partial charge in [-0.05, 0) is 30.3 Å². The minimum atomic E-state index is -4.71. The number of alkyl halides is 3. The van der Waals surface area contributed by atoms with Crippen molar-refractivity contribution in [3.05, 3.63) is 57.5 Å². The molecule has 4 nitrogen and oxygen atoms in total. The number of hydrogen-bond donors (Lipinski definition) is 2. The summed E-state index contributed by atoms with van der Waals surface area (Å²) in [6, 6.07) is 12.0. The topological polar surface area (TPSA) is 53.2 Å². The highest BCUT2D eigenvalue weighted by atomic mass is 79.9. The van der Waals surface area contributed by atoms with Gasteiger partial charge in [-0.3, -0.25) is 0 Å². The van der Waals surface area contributed by atoms with Gasteiger partial charge in [-0.15, -0.1) is 0 Å². The first-order valence-corrected chi connectivity index (χ1v) is 9.23. The van der Waals surface area contributed by atoms with Crippen molar-refractivity contribution in [2.24, 2.45) is 5.16 Å². The molecule has 2 aromatic carbocycles. The summed E-state index contributed by atoms with van der Waals surface area (Å²) in [5, 5.41) is 5.02. The fourth-order valence-corrected chi connectivity index (χ4v) is 3.72. The van der Waals surface area contributed by atoms with Crippen LogP contribution in [0.1, 0.15) is 5.56 Å². The molecule has 28 heavy (non-hydrogen) atoms. The maximum absolute atomic E-state index is 13.8. The number of benzene rings is 2. The quantitative estimate of drug-likeness (QED) is 0.256. The van der Waals surface area contributed by atoms with Crippen LogP contribution >= 0.6 is 27.5 Å². The van der Waals surface area contributed by atoms with E-state index in [1.807, 2.05) is 0 Å². The third-order valence-corrected chi connectivity index (χ3v) is 5.03. The first kappa shape index (κ1) is 18.9. The molecule has 0 radical (unpaired) electrons. The Labute approximate surface area is 170 Å². The van der Waals surface area contributed by atoms with Gasteiger partial charge in [0.15, 0.2) is 5.71 Å². The van der Waals surface area contributed by atoms with E-state index in [2.05, 4.69) is 35.9 Å². The smallest absolute Gasteiger partial charge is 0.399 e. The van der Waals surface area contributed by atoms with Crippen LogP contribution in [0.15, 0.2) is 52.1 Å². The fourth-order valence-electron chi connectivity index (χ4n) is 3.18. The Morgan fingerprint density at radius 2 is 1.86 bits per heavy atom. The molecule has 9 heteroatoms. The molecular weight excluding hydrogens is 459 g/mol. The Morgan fingerprint density at radius 3 is 2.57 bits per heavy atom. The summed E-state index contributed by atoms with van der Waals surface area (Å²) in [6.45, 7) is 0. The fraction of sp³-hybridized carbons (Fsp3) is 0.105. The number of nitrogens with zero attached hydrogens (tertiary/aromatic N) is 1. The SMILES string of the molecule is CON=C(c1c(-c2cc3ccc(Cl)cc3[nH]2)[nH]c2cc(Br)ccc12)C(F)(F)F. The molecule has 0 fully saturated rings. The van der Waals surface area contributed by atoms with Gasteiger partial charge in [-0.1, -0.05) is 44.8 Å². The van der Waals surface area contributed by atoms with Crippen molar-refractivity contribution >= 4 is 55.0 Å². The van der Waals surface area contributed by atoms with Gasteiger partial charge in [0.05, 0.1) is 11.4 Å². The zero-order chi connectivity index (χ0) is 20.1. The standard InChI is InChI=1S/C19H12BrClF3N3O/c1-28-27-18(19(22,23)24)16-12-5-3-10(20)7-14(12)26-17(16)15-6-9-2-4-11(21)8-13(9)25-15/h2-8,25-26H,1H3. The van der Waals surface area contributed by atoms with Gasteiger partial charge in [0.2, 0.25) is 0 Å². The summed E-state index contributed by atoms with van der Waals surface area (Å²) < 4.78 is 42.0. The molecule has 4 rings (SSSR count). The molecule has 2 aromatic heterocycles. The van der Waals surface area contributed by atoms with Crippen LogP contribution in [0.25, 0.3) is 33.2 Å². The van der Waals surface area contributed by atoms with Gasteiger partial charge < -0.3 is 14.8 Å². The zero-order valence-electron chi connectivity index (χ0n) is 14.3. The molecule has 2 heterocycles. The van der Waals surface area contributed by atoms with E-state index in [0.717, 1.165) is 17.0 Å². The molecule has 0 saturated heterocycles. The average molecular weight is 471 g/mol. The maximum Gasteiger partial charge on any atom is 0.437 e. The lowest BCUT2D eigenvalue weighted by Crippen LogP contribution is -2.24. The van der Waals surface area contributed by atoms with Crippen molar-refractivity contribution < 1.29 is 18.0 Å². The number of aromatic amines is 2. The molecule has 0 amide bonds. The van der Waals surface area contributed by atoms with Crippen molar-refractivity contribution in [3.8, 4) is 11.4 Å². The Hall–Kier alpha value is -2.45. The Kier molecular flexibility index (Phi) is 4.63. The third kappa shape index (κ3) is 3.27. The van der Waals surface area contributed by atoms with Crippen LogP contribution in [0, 0.1) is 0 Å². The minimum absolute atomic E-state index is 0.0884. The highest BCUT2D eigenvalue weighted by Gasteiger charge is 2.41. The number of rotatable bonds is 3. The second kappa shape index (κ2) is 6.86. The van der Waals surface area contributed by atoms with Crippen molar-refractivity contribution in [1.82, 2.24) is 9.97 Å². The predicted molar refractivity (Wildman–Crippen MR) is 108 cm³/mol. The second-order valence-electron chi connectivity index (χ2n) is 6.10. The molecule has 0 aliphatic heterocycles. The lowest BCUT2D eigenvalue weighted by atomic mass is 10.0. The molecule has 0 saturated carbocycles. The minimum Gasteiger partial charge on any atom is -0.399 e. The summed E-state index contributed by atoms with van der Waals surface area (Å²) in [6.07, 6.45) is -4.71. The zero-order valence-corrected chi connectivity index (χ0v) is 16.6. The molecule has 0 aliphatic rings. The van der Waals surface area contributed by atoms with Crippen LogP contribution in [-0.4, -0.2) is 29.0 Å². The van der Waals surface area contributed by atoms with Crippen LogP contribution in [-0.2, 0) is 4.84 Å². The lowest BCUT2D eigenvalue weighted by molar-refractivity contribution is -0.0607. The van der Waals surface area contributed by atoms with Crippen LogP contribution in [0.3, 0.4) is 0 Å². The number of oxime groups is 1. The normalized spacial score (nSPS) is 12.9. The van der Waals surface area contributed by atoms with Gasteiger partial charge in [0.1, 0.15) is 7.11 Å². The average Bonchev–Trinajstić information content (AvgIpc) is 3.18. The summed E-state index contributed by atoms with van der Waals surface area (Å²) >= 11 is 9.37. The largest absolute Gasteiger partial charge is 0.437 e. The van der Waals surface area contributed by atoms with Crippen LogP contribution < -0.4 is 0 Å². The second-order valence-corrected chi connectivity index (χ2v) is 7.45. The van der Waals surface area contributed by atoms with E-state index >= 15 is 0 Å². The van der Waals surface area contributed by atoms with Gasteiger partial charge in [-0.25, -0.2) is 0 Å².